The van der Waals surface area contributed by atoms with Gasteiger partial charge in [-0.2, -0.15) is 0 Å². The number of aromatic nitrogens is 3. The lowest BCUT2D eigenvalue weighted by molar-refractivity contribution is 0.235. The van der Waals surface area contributed by atoms with Gasteiger partial charge in [-0.25, -0.2) is 9.78 Å². The number of hydrogen-bond donors (Lipinski definition) is 2. The maximum atomic E-state index is 12.0. The summed E-state index contributed by atoms with van der Waals surface area (Å²) in [7, 11) is 0. The molecule has 1 fully saturated rings. The van der Waals surface area contributed by atoms with E-state index in [2.05, 4.69) is 20.6 Å². The Balaban J connectivity index is 1.47. The van der Waals surface area contributed by atoms with Crippen LogP contribution in [-0.2, 0) is 6.54 Å². The summed E-state index contributed by atoms with van der Waals surface area (Å²) in [6.07, 6.45) is 12.6. The van der Waals surface area contributed by atoms with Crippen molar-refractivity contribution >= 4 is 6.03 Å². The van der Waals surface area contributed by atoms with E-state index < -0.39 is 0 Å². The minimum Gasteiger partial charge on any atom is -0.336 e. The SMILES string of the molecule is O=C(NCCn1ccnc1-c1ccccn1)NC1CCCCCC1. The van der Waals surface area contributed by atoms with E-state index in [1.165, 1.54) is 25.7 Å². The van der Waals surface area contributed by atoms with Crippen molar-refractivity contribution in [1.82, 2.24) is 25.2 Å². The molecule has 24 heavy (non-hydrogen) atoms. The summed E-state index contributed by atoms with van der Waals surface area (Å²) in [6, 6.07) is 6.02. The molecular weight excluding hydrogens is 302 g/mol. The molecule has 2 N–H and O–H groups in total. The molecular formula is C18H25N5O. The maximum Gasteiger partial charge on any atom is 0.315 e. The number of nitrogens with zero attached hydrogens (tertiary/aromatic N) is 3. The lowest BCUT2D eigenvalue weighted by Gasteiger charge is -2.17. The fourth-order valence-electron chi connectivity index (χ4n) is 3.17. The molecule has 2 amide bonds. The van der Waals surface area contributed by atoms with Crippen molar-refractivity contribution in [2.75, 3.05) is 6.54 Å². The zero-order chi connectivity index (χ0) is 16.6. The minimum atomic E-state index is -0.0681. The van der Waals surface area contributed by atoms with Gasteiger partial charge in [-0.05, 0) is 25.0 Å². The molecule has 128 valence electrons. The van der Waals surface area contributed by atoms with Gasteiger partial charge in [-0.1, -0.05) is 31.7 Å². The Labute approximate surface area is 142 Å². The number of carbonyl (C=O) groups excluding carboxylic acids is 1. The second kappa shape index (κ2) is 8.47. The Morgan fingerprint density at radius 1 is 1.12 bits per heavy atom. The molecule has 6 nitrogen and oxygen atoms in total. The van der Waals surface area contributed by atoms with Crippen molar-refractivity contribution in [3.8, 4) is 11.5 Å². The fourth-order valence-corrected chi connectivity index (χ4v) is 3.17. The highest BCUT2D eigenvalue weighted by Gasteiger charge is 2.14. The molecule has 0 radical (unpaired) electrons. The molecule has 0 aliphatic heterocycles. The molecule has 3 rings (SSSR count). The summed E-state index contributed by atoms with van der Waals surface area (Å²) in [5.41, 5.74) is 0.838. The molecule has 0 atom stereocenters. The molecule has 0 spiro atoms. The van der Waals surface area contributed by atoms with Crippen LogP contribution in [0.15, 0.2) is 36.8 Å². The summed E-state index contributed by atoms with van der Waals surface area (Å²) >= 11 is 0. The first kappa shape index (κ1) is 16.5. The third-order valence-corrected chi connectivity index (χ3v) is 4.44. The van der Waals surface area contributed by atoms with E-state index in [-0.39, 0.29) is 6.03 Å². The van der Waals surface area contributed by atoms with Gasteiger partial charge in [-0.15, -0.1) is 0 Å². The largest absolute Gasteiger partial charge is 0.336 e. The van der Waals surface area contributed by atoms with Gasteiger partial charge in [0.15, 0.2) is 5.82 Å². The predicted octanol–water partition coefficient (Wildman–Crippen LogP) is 2.97. The zero-order valence-electron chi connectivity index (χ0n) is 13.9. The van der Waals surface area contributed by atoms with Crippen LogP contribution >= 0.6 is 0 Å². The van der Waals surface area contributed by atoms with Crippen LogP contribution in [-0.4, -0.2) is 33.2 Å². The molecule has 0 unspecified atom stereocenters. The number of imidazole rings is 1. The second-order valence-electron chi connectivity index (χ2n) is 6.25. The van der Waals surface area contributed by atoms with Crippen molar-refractivity contribution in [2.24, 2.45) is 0 Å². The average molecular weight is 327 g/mol. The summed E-state index contributed by atoms with van der Waals surface area (Å²) in [6.45, 7) is 1.23. The molecule has 0 aromatic carbocycles. The molecule has 1 aliphatic rings. The molecule has 2 aromatic rings. The molecule has 0 saturated heterocycles. The molecule has 6 heteroatoms. The van der Waals surface area contributed by atoms with Gasteiger partial charge >= 0.3 is 6.03 Å². The number of amides is 2. The summed E-state index contributed by atoms with van der Waals surface area (Å²) < 4.78 is 2.01. The first-order valence-electron chi connectivity index (χ1n) is 8.80. The highest BCUT2D eigenvalue weighted by Crippen LogP contribution is 2.17. The Morgan fingerprint density at radius 2 is 1.96 bits per heavy atom. The lowest BCUT2D eigenvalue weighted by atomic mass is 10.1. The monoisotopic (exact) mass is 327 g/mol. The van der Waals surface area contributed by atoms with Crippen LogP contribution in [0.25, 0.3) is 11.5 Å². The zero-order valence-corrected chi connectivity index (χ0v) is 13.9. The Bertz CT molecular complexity index is 632. The van der Waals surface area contributed by atoms with Crippen LogP contribution in [0.3, 0.4) is 0 Å². The molecule has 0 bridgehead atoms. The van der Waals surface area contributed by atoms with E-state index in [4.69, 9.17) is 0 Å². The van der Waals surface area contributed by atoms with Crippen molar-refractivity contribution in [3.63, 3.8) is 0 Å². The van der Waals surface area contributed by atoms with Crippen molar-refractivity contribution in [2.45, 2.75) is 51.1 Å². The van der Waals surface area contributed by atoms with Gasteiger partial charge < -0.3 is 15.2 Å². The molecule has 2 aromatic heterocycles. The van der Waals surface area contributed by atoms with E-state index in [0.717, 1.165) is 24.4 Å². The van der Waals surface area contributed by atoms with Gasteiger partial charge in [0.2, 0.25) is 0 Å². The number of carbonyl (C=O) groups is 1. The number of nitrogens with one attached hydrogen (secondary N) is 2. The third-order valence-electron chi connectivity index (χ3n) is 4.44. The minimum absolute atomic E-state index is 0.0681. The molecule has 1 aliphatic carbocycles. The fraction of sp³-hybridized carbons (Fsp3) is 0.500. The first-order chi connectivity index (χ1) is 11.8. The second-order valence-corrected chi connectivity index (χ2v) is 6.25. The van der Waals surface area contributed by atoms with E-state index in [1.807, 2.05) is 29.0 Å². The highest BCUT2D eigenvalue weighted by atomic mass is 16.2. The van der Waals surface area contributed by atoms with Crippen LogP contribution in [0, 0.1) is 0 Å². The Morgan fingerprint density at radius 3 is 2.71 bits per heavy atom. The summed E-state index contributed by atoms with van der Waals surface area (Å²) in [5.74, 6) is 0.821. The van der Waals surface area contributed by atoms with E-state index in [0.29, 0.717) is 19.1 Å². The van der Waals surface area contributed by atoms with Gasteiger partial charge in [0.1, 0.15) is 5.69 Å². The van der Waals surface area contributed by atoms with Crippen LogP contribution in [0.4, 0.5) is 4.79 Å². The first-order valence-corrected chi connectivity index (χ1v) is 8.80. The van der Waals surface area contributed by atoms with E-state index >= 15 is 0 Å². The Hall–Kier alpha value is -2.37. The van der Waals surface area contributed by atoms with Crippen molar-refractivity contribution < 1.29 is 4.79 Å². The average Bonchev–Trinajstić information content (AvgIpc) is 2.92. The van der Waals surface area contributed by atoms with Crippen molar-refractivity contribution in [3.05, 3.63) is 36.8 Å². The van der Waals surface area contributed by atoms with E-state index in [9.17, 15) is 4.79 Å². The van der Waals surface area contributed by atoms with Crippen LogP contribution in [0.1, 0.15) is 38.5 Å². The van der Waals surface area contributed by atoms with Gasteiger partial charge in [0, 0.05) is 37.7 Å². The standard InChI is InChI=1S/C18H25N5O/c24-18(22-15-7-3-1-2-4-8-15)21-12-14-23-13-11-20-17(23)16-9-5-6-10-19-16/h5-6,9-11,13,15H,1-4,7-8,12,14H2,(H2,21,22,24). The van der Waals surface area contributed by atoms with Crippen molar-refractivity contribution in [1.29, 1.82) is 0 Å². The topological polar surface area (TPSA) is 71.8 Å². The van der Waals surface area contributed by atoms with Crippen LogP contribution < -0.4 is 10.6 Å². The Kier molecular flexibility index (Phi) is 5.82. The quantitative estimate of drug-likeness (QED) is 0.829. The van der Waals surface area contributed by atoms with E-state index in [1.54, 1.807) is 12.4 Å². The van der Waals surface area contributed by atoms with Gasteiger partial charge in [-0.3, -0.25) is 4.98 Å². The molecule has 2 heterocycles. The third kappa shape index (κ3) is 4.57. The van der Waals surface area contributed by atoms with Gasteiger partial charge in [0.25, 0.3) is 0 Å². The normalized spacial score (nSPS) is 15.7. The maximum absolute atomic E-state index is 12.0. The smallest absolute Gasteiger partial charge is 0.315 e. The molecule has 1 saturated carbocycles. The predicted molar refractivity (Wildman–Crippen MR) is 93.5 cm³/mol. The summed E-state index contributed by atoms with van der Waals surface area (Å²) in [4.78, 5) is 20.7. The number of urea groups is 1. The number of rotatable bonds is 5. The number of hydrogen-bond acceptors (Lipinski definition) is 3. The highest BCUT2D eigenvalue weighted by molar-refractivity contribution is 5.74. The van der Waals surface area contributed by atoms with Crippen LogP contribution in [0.5, 0.6) is 0 Å². The number of pyridine rings is 1. The van der Waals surface area contributed by atoms with Gasteiger partial charge in [0.05, 0.1) is 0 Å². The van der Waals surface area contributed by atoms with Crippen LogP contribution in [0.2, 0.25) is 0 Å². The lowest BCUT2D eigenvalue weighted by Crippen LogP contribution is -2.42. The summed E-state index contributed by atoms with van der Waals surface area (Å²) in [5, 5.41) is 6.05.